The summed E-state index contributed by atoms with van der Waals surface area (Å²) in [4.78, 5) is 21.6. The van der Waals surface area contributed by atoms with Gasteiger partial charge in [0.1, 0.15) is 0 Å². The summed E-state index contributed by atoms with van der Waals surface area (Å²) in [6.45, 7) is 0. The topological polar surface area (TPSA) is 66.4 Å². The van der Waals surface area contributed by atoms with E-state index in [0.717, 1.165) is 18.4 Å². The monoisotopic (exact) mass is 209 g/mol. The summed E-state index contributed by atoms with van der Waals surface area (Å²) in [5.74, 6) is -1.63. The normalized spacial score (nSPS) is 28.9. The van der Waals surface area contributed by atoms with E-state index < -0.39 is 11.8 Å². The van der Waals surface area contributed by atoms with Crippen molar-refractivity contribution >= 4 is 11.8 Å². The van der Waals surface area contributed by atoms with Crippen LogP contribution in [-0.2, 0) is 9.59 Å². The predicted octanol–water partition coefficient (Wildman–Crippen LogP) is 1.08. The first-order chi connectivity index (χ1) is 7.18. The van der Waals surface area contributed by atoms with Gasteiger partial charge in [-0.05, 0) is 24.6 Å². The summed E-state index contributed by atoms with van der Waals surface area (Å²) < 4.78 is 0. The second-order valence-corrected chi connectivity index (χ2v) is 4.29. The van der Waals surface area contributed by atoms with E-state index in [0.29, 0.717) is 12.0 Å². The van der Waals surface area contributed by atoms with Crippen LogP contribution < -0.4 is 5.32 Å². The van der Waals surface area contributed by atoms with Crippen LogP contribution in [0.1, 0.15) is 32.1 Å². The molecule has 4 heteroatoms. The minimum atomic E-state index is -1.32. The van der Waals surface area contributed by atoms with Crippen LogP contribution in [0.15, 0.2) is 11.8 Å². The summed E-state index contributed by atoms with van der Waals surface area (Å²) in [6, 6.07) is 0.440. The van der Waals surface area contributed by atoms with Gasteiger partial charge in [0.05, 0.1) is 0 Å². The van der Waals surface area contributed by atoms with E-state index in [1.807, 2.05) is 6.20 Å². The van der Waals surface area contributed by atoms with Crippen molar-refractivity contribution in [2.75, 3.05) is 0 Å². The molecule has 1 aliphatic carbocycles. The zero-order chi connectivity index (χ0) is 10.8. The lowest BCUT2D eigenvalue weighted by Gasteiger charge is -2.27. The Balaban J connectivity index is 1.98. The average molecular weight is 209 g/mol. The van der Waals surface area contributed by atoms with Crippen LogP contribution in [-0.4, -0.2) is 22.9 Å². The van der Waals surface area contributed by atoms with Gasteiger partial charge in [0.25, 0.3) is 0 Å². The van der Waals surface area contributed by atoms with Crippen LogP contribution in [0.2, 0.25) is 0 Å². The van der Waals surface area contributed by atoms with Gasteiger partial charge < -0.3 is 10.4 Å². The molecule has 82 valence electrons. The largest absolute Gasteiger partial charge is 0.475 e. The predicted molar refractivity (Wildman–Crippen MR) is 54.2 cm³/mol. The molecule has 1 saturated carbocycles. The molecule has 2 atom stereocenters. The lowest BCUT2D eigenvalue weighted by molar-refractivity contribution is -0.148. The Morgan fingerprint density at radius 3 is 2.87 bits per heavy atom. The molecule has 0 aromatic heterocycles. The number of aliphatic carboxylic acids is 1. The molecule has 1 heterocycles. The van der Waals surface area contributed by atoms with Gasteiger partial charge in [-0.1, -0.05) is 12.8 Å². The third-order valence-electron chi connectivity index (χ3n) is 3.33. The SMILES string of the molecule is O=C(O)C(=O)CC1=CNC2CCCCC12. The highest BCUT2D eigenvalue weighted by molar-refractivity contribution is 6.33. The summed E-state index contributed by atoms with van der Waals surface area (Å²) in [5.41, 5.74) is 0.979. The number of Topliss-reactive ketones (excluding diaryl/α,β-unsaturated/α-hetero) is 1. The first-order valence-electron chi connectivity index (χ1n) is 5.39. The Kier molecular flexibility index (Phi) is 2.75. The van der Waals surface area contributed by atoms with Crippen molar-refractivity contribution in [2.45, 2.75) is 38.1 Å². The van der Waals surface area contributed by atoms with E-state index in [2.05, 4.69) is 5.32 Å². The maximum absolute atomic E-state index is 11.1. The Labute approximate surface area is 88.4 Å². The van der Waals surface area contributed by atoms with E-state index in [1.54, 1.807) is 0 Å². The third kappa shape index (κ3) is 2.03. The Morgan fingerprint density at radius 2 is 2.13 bits per heavy atom. The molecule has 4 nitrogen and oxygen atoms in total. The van der Waals surface area contributed by atoms with Crippen LogP contribution in [0.25, 0.3) is 0 Å². The number of carbonyl (C=O) groups excluding carboxylic acids is 1. The van der Waals surface area contributed by atoms with Gasteiger partial charge in [0, 0.05) is 18.4 Å². The van der Waals surface area contributed by atoms with E-state index in [4.69, 9.17) is 5.11 Å². The summed E-state index contributed by atoms with van der Waals surface area (Å²) >= 11 is 0. The first-order valence-corrected chi connectivity index (χ1v) is 5.39. The third-order valence-corrected chi connectivity index (χ3v) is 3.33. The van der Waals surface area contributed by atoms with Crippen molar-refractivity contribution < 1.29 is 14.7 Å². The van der Waals surface area contributed by atoms with Crippen molar-refractivity contribution in [2.24, 2.45) is 5.92 Å². The highest BCUT2D eigenvalue weighted by atomic mass is 16.4. The van der Waals surface area contributed by atoms with Crippen molar-refractivity contribution in [1.29, 1.82) is 0 Å². The molecule has 2 unspecified atom stereocenters. The number of ketones is 1. The lowest BCUT2D eigenvalue weighted by Crippen LogP contribution is -2.30. The lowest BCUT2D eigenvalue weighted by atomic mass is 9.81. The van der Waals surface area contributed by atoms with Gasteiger partial charge in [-0.15, -0.1) is 0 Å². The fourth-order valence-corrected chi connectivity index (χ4v) is 2.54. The molecule has 1 fully saturated rings. The van der Waals surface area contributed by atoms with E-state index in [9.17, 15) is 9.59 Å². The molecule has 15 heavy (non-hydrogen) atoms. The number of nitrogens with one attached hydrogen (secondary N) is 1. The van der Waals surface area contributed by atoms with E-state index in [1.165, 1.54) is 12.8 Å². The van der Waals surface area contributed by atoms with Crippen LogP contribution >= 0.6 is 0 Å². The number of carboxylic acid groups (broad SMARTS) is 1. The van der Waals surface area contributed by atoms with Gasteiger partial charge in [0.2, 0.25) is 5.78 Å². The smallest absolute Gasteiger partial charge is 0.372 e. The van der Waals surface area contributed by atoms with Crippen molar-refractivity contribution in [3.63, 3.8) is 0 Å². The van der Waals surface area contributed by atoms with E-state index in [-0.39, 0.29) is 6.42 Å². The van der Waals surface area contributed by atoms with Gasteiger partial charge in [-0.25, -0.2) is 4.79 Å². The fourth-order valence-electron chi connectivity index (χ4n) is 2.54. The maximum atomic E-state index is 11.1. The van der Waals surface area contributed by atoms with Gasteiger partial charge in [-0.3, -0.25) is 4.79 Å². The second-order valence-electron chi connectivity index (χ2n) is 4.29. The highest BCUT2D eigenvalue weighted by Gasteiger charge is 2.33. The van der Waals surface area contributed by atoms with Crippen molar-refractivity contribution in [3.05, 3.63) is 11.8 Å². The van der Waals surface area contributed by atoms with Crippen LogP contribution in [0.4, 0.5) is 0 Å². The number of rotatable bonds is 3. The quantitative estimate of drug-likeness (QED) is 0.682. The molecule has 2 N–H and O–H groups in total. The number of carboxylic acids is 1. The zero-order valence-corrected chi connectivity index (χ0v) is 8.53. The minimum Gasteiger partial charge on any atom is -0.475 e. The molecular formula is C11H15NO3. The molecule has 0 radical (unpaired) electrons. The molecule has 0 aromatic rings. The molecule has 0 bridgehead atoms. The van der Waals surface area contributed by atoms with Gasteiger partial charge in [-0.2, -0.15) is 0 Å². The van der Waals surface area contributed by atoms with E-state index >= 15 is 0 Å². The first kappa shape index (κ1) is 10.2. The fraction of sp³-hybridized carbons (Fsp3) is 0.636. The zero-order valence-electron chi connectivity index (χ0n) is 8.53. The minimum absolute atomic E-state index is 0.0729. The maximum Gasteiger partial charge on any atom is 0.372 e. The standard InChI is InChI=1S/C11H15NO3/c13-10(11(14)15)5-7-6-12-9-4-2-1-3-8(7)9/h6,8-9,12H,1-5H2,(H,14,15). The molecule has 0 saturated heterocycles. The number of hydrogen-bond donors (Lipinski definition) is 2. The van der Waals surface area contributed by atoms with Crippen LogP contribution in [0, 0.1) is 5.92 Å². The Hall–Kier alpha value is -1.32. The van der Waals surface area contributed by atoms with Crippen LogP contribution in [0.5, 0.6) is 0 Å². The second kappa shape index (κ2) is 4.04. The van der Waals surface area contributed by atoms with Crippen LogP contribution in [0.3, 0.4) is 0 Å². The van der Waals surface area contributed by atoms with Crippen molar-refractivity contribution in [3.8, 4) is 0 Å². The molecule has 0 amide bonds. The molecular weight excluding hydrogens is 194 g/mol. The molecule has 2 rings (SSSR count). The number of fused-ring (bicyclic) bond motifs is 1. The Morgan fingerprint density at radius 1 is 1.40 bits per heavy atom. The number of hydrogen-bond acceptors (Lipinski definition) is 3. The average Bonchev–Trinajstić information content (AvgIpc) is 2.62. The molecule has 0 spiro atoms. The van der Waals surface area contributed by atoms with Gasteiger partial charge >= 0.3 is 5.97 Å². The molecule has 0 aromatic carbocycles. The van der Waals surface area contributed by atoms with Gasteiger partial charge in [0.15, 0.2) is 0 Å². The molecule has 2 aliphatic rings. The Bertz CT molecular complexity index is 322. The summed E-state index contributed by atoms with van der Waals surface area (Å²) in [7, 11) is 0. The summed E-state index contributed by atoms with van der Waals surface area (Å²) in [6.07, 6.45) is 6.54. The van der Waals surface area contributed by atoms with Crippen molar-refractivity contribution in [1.82, 2.24) is 5.32 Å². The summed E-state index contributed by atoms with van der Waals surface area (Å²) in [5, 5.41) is 11.8. The number of carbonyl (C=O) groups is 2. The molecule has 1 aliphatic heterocycles. The highest BCUT2D eigenvalue weighted by Crippen LogP contribution is 2.35.